The number of ether oxygens (including phenoxy) is 3. The fraction of sp³-hybridized carbons (Fsp3) is 0.385. The third-order valence-corrected chi connectivity index (χ3v) is 2.80. The highest BCUT2D eigenvalue weighted by atomic mass is 16.6. The van der Waals surface area contributed by atoms with Gasteiger partial charge in [0.25, 0.3) is 0 Å². The standard InChI is InChI=1S/C13H14O5/c1-16-12(14)10-5-3-4-8(6-9-7-18-9)11(10)13(15)17-2/h3-5,9H,6-7H2,1-2H3. The van der Waals surface area contributed by atoms with Gasteiger partial charge < -0.3 is 14.2 Å². The van der Waals surface area contributed by atoms with Gasteiger partial charge in [0, 0.05) is 6.42 Å². The van der Waals surface area contributed by atoms with Crippen LogP contribution in [-0.4, -0.2) is 38.9 Å². The molecule has 18 heavy (non-hydrogen) atoms. The molecular formula is C13H14O5. The lowest BCUT2D eigenvalue weighted by atomic mass is 9.97. The Morgan fingerprint density at radius 3 is 2.50 bits per heavy atom. The lowest BCUT2D eigenvalue weighted by Crippen LogP contribution is -2.15. The quantitative estimate of drug-likeness (QED) is 0.593. The molecule has 1 atom stereocenters. The molecule has 5 nitrogen and oxygen atoms in total. The Bertz CT molecular complexity index is 476. The normalized spacial score (nSPS) is 17.1. The van der Waals surface area contributed by atoms with Crippen LogP contribution in [0.4, 0.5) is 0 Å². The minimum Gasteiger partial charge on any atom is -0.465 e. The average Bonchev–Trinajstić information content (AvgIpc) is 3.20. The van der Waals surface area contributed by atoms with Gasteiger partial charge in [0.15, 0.2) is 0 Å². The number of epoxide rings is 1. The highest BCUT2D eigenvalue weighted by Crippen LogP contribution is 2.23. The van der Waals surface area contributed by atoms with Gasteiger partial charge in [-0.05, 0) is 11.6 Å². The maximum absolute atomic E-state index is 11.8. The average molecular weight is 250 g/mol. The van der Waals surface area contributed by atoms with E-state index in [1.165, 1.54) is 14.2 Å². The highest BCUT2D eigenvalue weighted by Gasteiger charge is 2.28. The van der Waals surface area contributed by atoms with E-state index in [4.69, 9.17) is 9.47 Å². The number of rotatable bonds is 4. The lowest BCUT2D eigenvalue weighted by molar-refractivity contribution is 0.0554. The molecule has 1 aliphatic rings. The van der Waals surface area contributed by atoms with Crippen LogP contribution in [0.2, 0.25) is 0 Å². The second kappa shape index (κ2) is 5.18. The number of carbonyl (C=O) groups excluding carboxylic acids is 2. The van der Waals surface area contributed by atoms with Gasteiger partial charge in [-0.1, -0.05) is 12.1 Å². The smallest absolute Gasteiger partial charge is 0.339 e. The molecule has 1 heterocycles. The summed E-state index contributed by atoms with van der Waals surface area (Å²) in [6.07, 6.45) is 0.719. The molecule has 5 heteroatoms. The molecule has 1 unspecified atom stereocenters. The Hall–Kier alpha value is -1.88. The van der Waals surface area contributed by atoms with Gasteiger partial charge in [0.2, 0.25) is 0 Å². The molecule has 0 spiro atoms. The van der Waals surface area contributed by atoms with Gasteiger partial charge in [0.05, 0.1) is 38.1 Å². The van der Waals surface area contributed by atoms with Crippen molar-refractivity contribution in [2.45, 2.75) is 12.5 Å². The molecule has 96 valence electrons. The van der Waals surface area contributed by atoms with Crippen molar-refractivity contribution < 1.29 is 23.8 Å². The van der Waals surface area contributed by atoms with Crippen LogP contribution in [-0.2, 0) is 20.6 Å². The van der Waals surface area contributed by atoms with Gasteiger partial charge in [-0.3, -0.25) is 0 Å². The summed E-state index contributed by atoms with van der Waals surface area (Å²) in [5, 5.41) is 0. The van der Waals surface area contributed by atoms with E-state index < -0.39 is 11.9 Å². The molecule has 1 aromatic carbocycles. The number of benzene rings is 1. The number of esters is 2. The summed E-state index contributed by atoms with van der Waals surface area (Å²) in [5.74, 6) is -1.08. The van der Waals surface area contributed by atoms with Crippen molar-refractivity contribution in [3.63, 3.8) is 0 Å². The molecule has 0 saturated carbocycles. The molecule has 0 aromatic heterocycles. The second-order valence-corrected chi connectivity index (χ2v) is 3.98. The molecule has 1 aliphatic heterocycles. The van der Waals surface area contributed by atoms with E-state index in [1.807, 2.05) is 0 Å². The first-order valence-corrected chi connectivity index (χ1v) is 5.57. The first-order chi connectivity index (χ1) is 8.67. The van der Waals surface area contributed by atoms with E-state index in [-0.39, 0.29) is 17.2 Å². The minimum atomic E-state index is -0.547. The van der Waals surface area contributed by atoms with E-state index in [9.17, 15) is 9.59 Å². The summed E-state index contributed by atoms with van der Waals surface area (Å²) in [4.78, 5) is 23.5. The van der Waals surface area contributed by atoms with Crippen LogP contribution in [0.25, 0.3) is 0 Å². The zero-order valence-electron chi connectivity index (χ0n) is 10.3. The Morgan fingerprint density at radius 1 is 1.28 bits per heavy atom. The molecular weight excluding hydrogens is 236 g/mol. The molecule has 0 aliphatic carbocycles. The van der Waals surface area contributed by atoms with Crippen molar-refractivity contribution >= 4 is 11.9 Å². The maximum atomic E-state index is 11.8. The SMILES string of the molecule is COC(=O)c1cccc(CC2CO2)c1C(=O)OC. The second-order valence-electron chi connectivity index (χ2n) is 3.98. The number of methoxy groups -OCH3 is 2. The third kappa shape index (κ3) is 2.51. The third-order valence-electron chi connectivity index (χ3n) is 2.80. The van der Waals surface area contributed by atoms with Crippen LogP contribution in [0.5, 0.6) is 0 Å². The van der Waals surface area contributed by atoms with E-state index in [1.54, 1.807) is 18.2 Å². The number of carbonyl (C=O) groups is 2. The molecule has 1 fully saturated rings. The summed E-state index contributed by atoms with van der Waals surface area (Å²) in [7, 11) is 2.56. The summed E-state index contributed by atoms with van der Waals surface area (Å²) in [6.45, 7) is 0.684. The van der Waals surface area contributed by atoms with Crippen LogP contribution in [0.1, 0.15) is 26.3 Å². The van der Waals surface area contributed by atoms with Crippen LogP contribution in [0.3, 0.4) is 0 Å². The zero-order chi connectivity index (χ0) is 13.1. The Kier molecular flexibility index (Phi) is 3.62. The van der Waals surface area contributed by atoms with Gasteiger partial charge in [0.1, 0.15) is 0 Å². The summed E-state index contributed by atoms with van der Waals surface area (Å²) >= 11 is 0. The molecule has 1 saturated heterocycles. The van der Waals surface area contributed by atoms with Crippen LogP contribution in [0.15, 0.2) is 18.2 Å². The molecule has 2 rings (SSSR count). The van der Waals surface area contributed by atoms with Gasteiger partial charge in [-0.2, -0.15) is 0 Å². The largest absolute Gasteiger partial charge is 0.465 e. The molecule has 1 aromatic rings. The maximum Gasteiger partial charge on any atom is 0.339 e. The van der Waals surface area contributed by atoms with Crippen molar-refractivity contribution in [2.75, 3.05) is 20.8 Å². The Labute approximate surface area is 105 Å². The first-order valence-electron chi connectivity index (χ1n) is 5.57. The van der Waals surface area contributed by atoms with Gasteiger partial charge in [-0.25, -0.2) is 9.59 Å². The summed E-state index contributed by atoms with van der Waals surface area (Å²) < 4.78 is 14.5. The van der Waals surface area contributed by atoms with E-state index in [0.29, 0.717) is 13.0 Å². The predicted molar refractivity (Wildman–Crippen MR) is 62.6 cm³/mol. The van der Waals surface area contributed by atoms with Crippen LogP contribution in [0, 0.1) is 0 Å². The topological polar surface area (TPSA) is 65.1 Å². The van der Waals surface area contributed by atoms with E-state index >= 15 is 0 Å². The molecule has 0 N–H and O–H groups in total. The summed E-state index contributed by atoms with van der Waals surface area (Å²) in [6, 6.07) is 5.06. The van der Waals surface area contributed by atoms with Crippen molar-refractivity contribution in [1.82, 2.24) is 0 Å². The minimum absolute atomic E-state index is 0.126. The van der Waals surface area contributed by atoms with Crippen molar-refractivity contribution in [3.05, 3.63) is 34.9 Å². The van der Waals surface area contributed by atoms with Crippen LogP contribution >= 0.6 is 0 Å². The summed E-state index contributed by atoms with van der Waals surface area (Å²) in [5.41, 5.74) is 1.23. The monoisotopic (exact) mass is 250 g/mol. The Balaban J connectivity index is 2.44. The van der Waals surface area contributed by atoms with Crippen molar-refractivity contribution in [2.24, 2.45) is 0 Å². The number of hydrogen-bond acceptors (Lipinski definition) is 5. The molecule has 0 bridgehead atoms. The van der Waals surface area contributed by atoms with Gasteiger partial charge in [-0.15, -0.1) is 0 Å². The first kappa shape index (κ1) is 12.6. The van der Waals surface area contributed by atoms with E-state index in [2.05, 4.69) is 4.74 Å². The van der Waals surface area contributed by atoms with Crippen molar-refractivity contribution in [3.8, 4) is 0 Å². The van der Waals surface area contributed by atoms with E-state index in [0.717, 1.165) is 5.56 Å². The lowest BCUT2D eigenvalue weighted by Gasteiger charge is -2.11. The fourth-order valence-corrected chi connectivity index (χ4v) is 1.82. The predicted octanol–water partition coefficient (Wildman–Crippen LogP) is 1.20. The Morgan fingerprint density at radius 2 is 1.94 bits per heavy atom. The van der Waals surface area contributed by atoms with Gasteiger partial charge >= 0.3 is 11.9 Å². The van der Waals surface area contributed by atoms with Crippen LogP contribution < -0.4 is 0 Å². The number of hydrogen-bond donors (Lipinski definition) is 0. The zero-order valence-corrected chi connectivity index (χ0v) is 10.3. The highest BCUT2D eigenvalue weighted by molar-refractivity contribution is 6.04. The molecule has 0 radical (unpaired) electrons. The fourth-order valence-electron chi connectivity index (χ4n) is 1.82. The van der Waals surface area contributed by atoms with Crippen molar-refractivity contribution in [1.29, 1.82) is 0 Å². The molecule has 0 amide bonds.